The van der Waals surface area contributed by atoms with Crippen molar-refractivity contribution >= 4 is 23.5 Å². The lowest BCUT2D eigenvalue weighted by Crippen LogP contribution is -2.15. The summed E-state index contributed by atoms with van der Waals surface area (Å²) in [6.07, 6.45) is -4.31. The summed E-state index contributed by atoms with van der Waals surface area (Å²) in [6, 6.07) is 15.4. The van der Waals surface area contributed by atoms with E-state index in [0.29, 0.717) is 16.8 Å². The summed E-state index contributed by atoms with van der Waals surface area (Å²) < 4.78 is 48.4. The van der Waals surface area contributed by atoms with Gasteiger partial charge in [-0.15, -0.1) is 0 Å². The Balaban J connectivity index is 1.89. The molecule has 0 atom stereocenters. The third kappa shape index (κ3) is 5.61. The van der Waals surface area contributed by atoms with E-state index < -0.39 is 29.6 Å². The minimum Gasteiger partial charge on any atom is -0.465 e. The van der Waals surface area contributed by atoms with Crippen LogP contribution in [0.2, 0.25) is 0 Å². The van der Waals surface area contributed by atoms with E-state index in [2.05, 4.69) is 5.32 Å². The molecule has 0 saturated carbocycles. The minimum absolute atomic E-state index is 0.0253. The number of nitrogens with one attached hydrogen (secondary N) is 1. The molecule has 0 unspecified atom stereocenters. The van der Waals surface area contributed by atoms with E-state index in [0.717, 1.165) is 12.1 Å². The second kappa shape index (κ2) is 10.2. The smallest absolute Gasteiger partial charge is 0.416 e. The van der Waals surface area contributed by atoms with Crippen molar-refractivity contribution < 1.29 is 37.0 Å². The van der Waals surface area contributed by atoms with E-state index >= 15 is 0 Å². The van der Waals surface area contributed by atoms with Crippen LogP contribution in [-0.4, -0.2) is 32.1 Å². The average Bonchev–Trinajstić information content (AvgIpc) is 2.83. The molecule has 0 bridgehead atoms. The van der Waals surface area contributed by atoms with Gasteiger partial charge in [0, 0.05) is 11.3 Å². The maximum atomic E-state index is 13.0. The Morgan fingerprint density at radius 2 is 1.50 bits per heavy atom. The van der Waals surface area contributed by atoms with Crippen LogP contribution in [0.1, 0.15) is 47.8 Å². The van der Waals surface area contributed by atoms with Crippen molar-refractivity contribution in [3.8, 4) is 0 Å². The van der Waals surface area contributed by atoms with Crippen LogP contribution in [0.4, 0.5) is 18.9 Å². The van der Waals surface area contributed by atoms with Crippen LogP contribution in [0.15, 0.2) is 66.7 Å². The monoisotopic (exact) mass is 471 g/mol. The highest BCUT2D eigenvalue weighted by Gasteiger charge is 2.31. The molecule has 0 heterocycles. The summed E-state index contributed by atoms with van der Waals surface area (Å²) in [5.74, 6) is -2.11. The molecule has 3 rings (SSSR count). The van der Waals surface area contributed by atoms with Gasteiger partial charge in [0.25, 0.3) is 5.91 Å². The Hall–Kier alpha value is -4.14. The highest BCUT2D eigenvalue weighted by molar-refractivity contribution is 6.05. The Morgan fingerprint density at radius 1 is 0.824 bits per heavy atom. The van der Waals surface area contributed by atoms with Gasteiger partial charge < -0.3 is 14.8 Å². The van der Waals surface area contributed by atoms with Gasteiger partial charge in [-0.25, -0.2) is 9.59 Å². The van der Waals surface area contributed by atoms with Crippen molar-refractivity contribution in [3.63, 3.8) is 0 Å². The lowest BCUT2D eigenvalue weighted by Gasteiger charge is -2.14. The van der Waals surface area contributed by atoms with Crippen molar-refractivity contribution in [3.05, 3.63) is 100 Å². The first-order valence-electron chi connectivity index (χ1n) is 10.00. The lowest BCUT2D eigenvalue weighted by molar-refractivity contribution is -0.137. The van der Waals surface area contributed by atoms with Gasteiger partial charge in [0.2, 0.25) is 0 Å². The zero-order valence-electron chi connectivity index (χ0n) is 18.2. The summed E-state index contributed by atoms with van der Waals surface area (Å²) >= 11 is 0. The number of amides is 1. The van der Waals surface area contributed by atoms with Gasteiger partial charge in [-0.05, 0) is 53.9 Å². The van der Waals surface area contributed by atoms with Crippen molar-refractivity contribution in [2.75, 3.05) is 19.5 Å². The van der Waals surface area contributed by atoms with E-state index in [9.17, 15) is 27.6 Å². The van der Waals surface area contributed by atoms with Crippen LogP contribution >= 0.6 is 0 Å². The largest absolute Gasteiger partial charge is 0.465 e. The highest BCUT2D eigenvalue weighted by Crippen LogP contribution is 2.30. The van der Waals surface area contributed by atoms with Gasteiger partial charge in [-0.1, -0.05) is 30.3 Å². The molecule has 0 aliphatic rings. The first-order valence-corrected chi connectivity index (χ1v) is 10.00. The summed E-state index contributed by atoms with van der Waals surface area (Å²) in [5.41, 5.74) is 0.677. The standard InChI is InChI=1S/C25H20F3NO5/c1-33-23(31)19-11-10-15(13-20(19)24(32)34-2)12-16-6-3-4-9-21(16)29-22(30)17-7-5-8-18(14-17)25(26,27)28/h3-11,13-14H,12H2,1-2H3,(H,29,30). The second-order valence-corrected chi connectivity index (χ2v) is 7.23. The van der Waals surface area contributed by atoms with Gasteiger partial charge in [0.15, 0.2) is 0 Å². The zero-order valence-corrected chi connectivity index (χ0v) is 18.2. The Morgan fingerprint density at radius 3 is 2.18 bits per heavy atom. The number of benzene rings is 3. The molecule has 3 aromatic rings. The van der Waals surface area contributed by atoms with E-state index in [1.165, 1.54) is 38.5 Å². The van der Waals surface area contributed by atoms with Crippen LogP contribution in [0.25, 0.3) is 0 Å². The molecule has 176 valence electrons. The molecule has 3 aromatic carbocycles. The molecule has 0 aromatic heterocycles. The molecule has 0 aliphatic heterocycles. The molecule has 0 fully saturated rings. The predicted octanol–water partition coefficient (Wildman–Crippen LogP) is 5.12. The van der Waals surface area contributed by atoms with Crippen molar-refractivity contribution in [1.29, 1.82) is 0 Å². The fraction of sp³-hybridized carbons (Fsp3) is 0.160. The van der Waals surface area contributed by atoms with Crippen LogP contribution < -0.4 is 5.32 Å². The van der Waals surface area contributed by atoms with Crippen LogP contribution in [-0.2, 0) is 22.1 Å². The molecule has 0 spiro atoms. The number of anilines is 1. The normalized spacial score (nSPS) is 11.0. The number of carbonyl (C=O) groups is 3. The number of alkyl halides is 3. The number of para-hydroxylation sites is 1. The number of halogens is 3. The second-order valence-electron chi connectivity index (χ2n) is 7.23. The van der Waals surface area contributed by atoms with E-state index in [1.807, 2.05) is 0 Å². The quantitative estimate of drug-likeness (QED) is 0.505. The summed E-state index contributed by atoms with van der Waals surface area (Å²) in [4.78, 5) is 36.8. The SMILES string of the molecule is COC(=O)c1ccc(Cc2ccccc2NC(=O)c2cccc(C(F)(F)F)c2)cc1C(=O)OC. The summed E-state index contributed by atoms with van der Waals surface area (Å²) in [6.45, 7) is 0. The van der Waals surface area contributed by atoms with Crippen LogP contribution in [0, 0.1) is 0 Å². The summed E-state index contributed by atoms with van der Waals surface area (Å²) in [7, 11) is 2.38. The predicted molar refractivity (Wildman–Crippen MR) is 118 cm³/mol. The van der Waals surface area contributed by atoms with E-state index in [-0.39, 0.29) is 23.1 Å². The topological polar surface area (TPSA) is 81.7 Å². The average molecular weight is 471 g/mol. The summed E-state index contributed by atoms with van der Waals surface area (Å²) in [5, 5.41) is 2.64. The third-order valence-corrected chi connectivity index (χ3v) is 5.01. The number of methoxy groups -OCH3 is 2. The zero-order chi connectivity index (χ0) is 24.9. The molecule has 0 saturated heterocycles. The molecule has 34 heavy (non-hydrogen) atoms. The Kier molecular flexibility index (Phi) is 7.35. The number of hydrogen-bond donors (Lipinski definition) is 1. The molecular formula is C25H20F3NO5. The first-order chi connectivity index (χ1) is 16.1. The molecule has 1 amide bonds. The Labute approximate surface area is 193 Å². The van der Waals surface area contributed by atoms with Gasteiger partial charge in [0.05, 0.1) is 30.9 Å². The van der Waals surface area contributed by atoms with Gasteiger partial charge >= 0.3 is 18.1 Å². The van der Waals surface area contributed by atoms with Crippen molar-refractivity contribution in [1.82, 2.24) is 0 Å². The van der Waals surface area contributed by atoms with Gasteiger partial charge in [-0.3, -0.25) is 4.79 Å². The Bertz CT molecular complexity index is 1240. The number of ether oxygens (including phenoxy) is 2. The number of rotatable bonds is 6. The van der Waals surface area contributed by atoms with Crippen LogP contribution in [0.3, 0.4) is 0 Å². The molecule has 6 nitrogen and oxygen atoms in total. The minimum atomic E-state index is -4.57. The molecule has 0 radical (unpaired) electrons. The maximum absolute atomic E-state index is 13.0. The first kappa shape index (κ1) is 24.5. The molecule has 0 aliphatic carbocycles. The number of hydrogen-bond acceptors (Lipinski definition) is 5. The lowest BCUT2D eigenvalue weighted by atomic mass is 9.98. The molecular weight excluding hydrogens is 451 g/mol. The fourth-order valence-electron chi connectivity index (χ4n) is 3.32. The van der Waals surface area contributed by atoms with Gasteiger partial charge in [0.1, 0.15) is 0 Å². The van der Waals surface area contributed by atoms with E-state index in [1.54, 1.807) is 30.3 Å². The third-order valence-electron chi connectivity index (χ3n) is 5.01. The number of esters is 2. The van der Waals surface area contributed by atoms with E-state index in [4.69, 9.17) is 9.47 Å². The van der Waals surface area contributed by atoms with Crippen molar-refractivity contribution in [2.45, 2.75) is 12.6 Å². The fourth-order valence-corrected chi connectivity index (χ4v) is 3.32. The van der Waals surface area contributed by atoms with Crippen LogP contribution in [0.5, 0.6) is 0 Å². The highest BCUT2D eigenvalue weighted by atomic mass is 19.4. The molecule has 1 N–H and O–H groups in total. The molecule has 9 heteroatoms. The number of carbonyl (C=O) groups excluding carboxylic acids is 3. The van der Waals surface area contributed by atoms with Crippen molar-refractivity contribution in [2.24, 2.45) is 0 Å². The van der Waals surface area contributed by atoms with Gasteiger partial charge in [-0.2, -0.15) is 13.2 Å². The maximum Gasteiger partial charge on any atom is 0.416 e.